The molecule has 0 aliphatic carbocycles. The van der Waals surface area contributed by atoms with Crippen LogP contribution in [0.5, 0.6) is 0 Å². The predicted octanol–water partition coefficient (Wildman–Crippen LogP) is 5.43. The first-order chi connectivity index (χ1) is 19.1. The van der Waals surface area contributed by atoms with Crippen molar-refractivity contribution in [1.29, 1.82) is 0 Å². The number of nitrogens with one attached hydrogen (secondary N) is 2. The maximum atomic E-state index is 13.9. The second-order valence-electron chi connectivity index (χ2n) is 11.2. The van der Waals surface area contributed by atoms with E-state index in [1.54, 1.807) is 20.8 Å². The van der Waals surface area contributed by atoms with Gasteiger partial charge in [-0.3, -0.25) is 9.59 Å². The van der Waals surface area contributed by atoms with Gasteiger partial charge in [-0.15, -0.1) is 0 Å². The first kappa shape index (κ1) is 32.8. The highest BCUT2D eigenvalue weighted by Crippen LogP contribution is 2.24. The van der Waals surface area contributed by atoms with Crippen molar-refractivity contribution in [1.82, 2.24) is 15.5 Å². The Labute approximate surface area is 239 Å². The molecular formula is C32H47N3O5. The van der Waals surface area contributed by atoms with Crippen molar-refractivity contribution in [2.24, 2.45) is 0 Å². The predicted molar refractivity (Wildman–Crippen MR) is 158 cm³/mol. The maximum absolute atomic E-state index is 13.9. The van der Waals surface area contributed by atoms with Crippen LogP contribution in [0.15, 0.2) is 54.6 Å². The number of nitrogens with zero attached hydrogens (tertiary/aromatic N) is 1. The average Bonchev–Trinajstić information content (AvgIpc) is 2.91. The van der Waals surface area contributed by atoms with E-state index < -0.39 is 36.3 Å². The van der Waals surface area contributed by atoms with Crippen LogP contribution in [0.2, 0.25) is 0 Å². The summed E-state index contributed by atoms with van der Waals surface area (Å²) in [6.45, 7) is 9.26. The fourth-order valence-electron chi connectivity index (χ4n) is 4.37. The third-order valence-electron chi connectivity index (χ3n) is 6.47. The maximum Gasteiger partial charge on any atom is 0.408 e. The molecule has 0 aliphatic heterocycles. The van der Waals surface area contributed by atoms with Gasteiger partial charge in [0.05, 0.1) is 6.61 Å². The summed E-state index contributed by atoms with van der Waals surface area (Å²) in [7, 11) is 0. The number of alkyl carbamates (subject to hydrolysis) is 1. The van der Waals surface area contributed by atoms with Crippen LogP contribution < -0.4 is 10.6 Å². The summed E-state index contributed by atoms with van der Waals surface area (Å²) in [5.74, 6) is -0.872. The van der Waals surface area contributed by atoms with E-state index in [0.29, 0.717) is 25.1 Å². The van der Waals surface area contributed by atoms with Crippen molar-refractivity contribution in [2.75, 3.05) is 13.2 Å². The number of aliphatic hydroxyl groups excluding tert-OH is 1. The molecule has 220 valence electrons. The monoisotopic (exact) mass is 553 g/mol. The lowest BCUT2D eigenvalue weighted by atomic mass is 10.0. The van der Waals surface area contributed by atoms with Crippen LogP contribution in [-0.4, -0.2) is 52.7 Å². The molecule has 8 nitrogen and oxygen atoms in total. The molecule has 0 aromatic heterocycles. The SMILES string of the molecule is CCCCCCCCN(C(=O)C(CO)NC(=O)OC(C)(C)C)C(C(=O)NCc1ccccc1)c1ccc(C)cc1. The van der Waals surface area contributed by atoms with E-state index in [0.717, 1.165) is 43.2 Å². The molecule has 2 atom stereocenters. The quantitative estimate of drug-likeness (QED) is 0.255. The Balaban J connectivity index is 2.36. The minimum Gasteiger partial charge on any atom is -0.444 e. The van der Waals surface area contributed by atoms with Crippen LogP contribution in [0.3, 0.4) is 0 Å². The summed E-state index contributed by atoms with van der Waals surface area (Å²) < 4.78 is 5.32. The summed E-state index contributed by atoms with van der Waals surface area (Å²) in [6, 6.07) is 14.9. The number of rotatable bonds is 15. The van der Waals surface area contributed by atoms with Crippen molar-refractivity contribution in [3.8, 4) is 0 Å². The smallest absolute Gasteiger partial charge is 0.408 e. The number of aryl methyl sites for hydroxylation is 1. The molecule has 2 aromatic carbocycles. The molecule has 2 rings (SSSR count). The zero-order valence-electron chi connectivity index (χ0n) is 24.7. The third-order valence-corrected chi connectivity index (χ3v) is 6.47. The molecule has 40 heavy (non-hydrogen) atoms. The van der Waals surface area contributed by atoms with Crippen molar-refractivity contribution >= 4 is 17.9 Å². The van der Waals surface area contributed by atoms with Crippen molar-refractivity contribution in [3.05, 3.63) is 71.3 Å². The largest absolute Gasteiger partial charge is 0.444 e. The van der Waals surface area contributed by atoms with Gasteiger partial charge in [0.1, 0.15) is 17.7 Å². The number of aliphatic hydroxyl groups is 1. The van der Waals surface area contributed by atoms with Gasteiger partial charge >= 0.3 is 6.09 Å². The van der Waals surface area contributed by atoms with Gasteiger partial charge < -0.3 is 25.4 Å². The number of ether oxygens (including phenoxy) is 1. The van der Waals surface area contributed by atoms with Crippen LogP contribution in [0, 0.1) is 6.92 Å². The highest BCUT2D eigenvalue weighted by molar-refractivity contribution is 5.92. The second kappa shape index (κ2) is 16.7. The van der Waals surface area contributed by atoms with E-state index in [9.17, 15) is 19.5 Å². The van der Waals surface area contributed by atoms with E-state index in [-0.39, 0.29) is 5.91 Å². The van der Waals surface area contributed by atoms with Gasteiger partial charge in [0, 0.05) is 13.1 Å². The third kappa shape index (κ3) is 11.4. The van der Waals surface area contributed by atoms with E-state index in [1.165, 1.54) is 4.90 Å². The van der Waals surface area contributed by atoms with E-state index in [4.69, 9.17) is 4.74 Å². The zero-order valence-corrected chi connectivity index (χ0v) is 24.7. The number of benzene rings is 2. The van der Waals surface area contributed by atoms with Gasteiger partial charge in [-0.25, -0.2) is 4.79 Å². The Morgan fingerprint density at radius 3 is 2.15 bits per heavy atom. The van der Waals surface area contributed by atoms with E-state index >= 15 is 0 Å². The minimum atomic E-state index is -1.26. The summed E-state index contributed by atoms with van der Waals surface area (Å²) >= 11 is 0. The Hall–Kier alpha value is -3.39. The van der Waals surface area contributed by atoms with Gasteiger partial charge in [-0.1, -0.05) is 99.2 Å². The molecule has 0 bridgehead atoms. The van der Waals surface area contributed by atoms with Crippen molar-refractivity contribution < 1.29 is 24.2 Å². The molecule has 3 amide bonds. The highest BCUT2D eigenvalue weighted by Gasteiger charge is 2.35. The van der Waals surface area contributed by atoms with Crippen molar-refractivity contribution in [3.63, 3.8) is 0 Å². The Kier molecular flexibility index (Phi) is 13.7. The molecule has 2 aromatic rings. The Morgan fingerprint density at radius 2 is 1.55 bits per heavy atom. The number of amides is 3. The molecule has 0 radical (unpaired) electrons. The molecular weight excluding hydrogens is 506 g/mol. The molecule has 0 saturated heterocycles. The topological polar surface area (TPSA) is 108 Å². The molecule has 0 fully saturated rings. The Bertz CT molecular complexity index is 1050. The standard InChI is InChI=1S/C32H47N3O5/c1-6-7-8-9-10-14-21-35(30(38)27(23-36)34-31(39)40-32(3,4)5)28(26-19-17-24(2)18-20-26)29(37)33-22-25-15-12-11-13-16-25/h11-13,15-20,27-28,36H,6-10,14,21-23H2,1-5H3,(H,33,37)(H,34,39). The fraction of sp³-hybridized carbons (Fsp3) is 0.531. The van der Waals surface area contributed by atoms with Crippen LogP contribution in [0.1, 0.15) is 89.0 Å². The van der Waals surface area contributed by atoms with Crippen LogP contribution in [0.25, 0.3) is 0 Å². The number of hydrogen-bond acceptors (Lipinski definition) is 5. The Morgan fingerprint density at radius 1 is 0.925 bits per heavy atom. The first-order valence-electron chi connectivity index (χ1n) is 14.3. The van der Waals surface area contributed by atoms with Gasteiger partial charge in [0.15, 0.2) is 0 Å². The summed E-state index contributed by atoms with van der Waals surface area (Å²) in [5.41, 5.74) is 1.85. The van der Waals surface area contributed by atoms with Gasteiger partial charge in [0.25, 0.3) is 0 Å². The lowest BCUT2D eigenvalue weighted by Crippen LogP contribution is -2.54. The van der Waals surface area contributed by atoms with Crippen LogP contribution in [-0.2, 0) is 20.9 Å². The minimum absolute atomic E-state index is 0.300. The van der Waals surface area contributed by atoms with Gasteiger partial charge in [-0.05, 0) is 45.2 Å². The van der Waals surface area contributed by atoms with Crippen LogP contribution >= 0.6 is 0 Å². The molecule has 8 heteroatoms. The number of carbonyl (C=O) groups excluding carboxylic acids is 3. The number of unbranched alkanes of at least 4 members (excludes halogenated alkanes) is 5. The molecule has 0 spiro atoms. The molecule has 0 saturated carbocycles. The summed E-state index contributed by atoms with van der Waals surface area (Å²) in [4.78, 5) is 41.7. The number of hydrogen-bond donors (Lipinski definition) is 3. The average molecular weight is 554 g/mol. The lowest BCUT2D eigenvalue weighted by molar-refractivity contribution is -0.143. The van der Waals surface area contributed by atoms with Gasteiger partial charge in [-0.2, -0.15) is 0 Å². The normalized spacial score (nSPS) is 12.8. The molecule has 2 unspecified atom stereocenters. The van der Waals surface area contributed by atoms with Crippen molar-refractivity contribution in [2.45, 2.75) is 97.4 Å². The molecule has 3 N–H and O–H groups in total. The molecule has 0 aliphatic rings. The first-order valence-corrected chi connectivity index (χ1v) is 14.3. The molecule has 0 heterocycles. The second-order valence-corrected chi connectivity index (χ2v) is 11.2. The summed E-state index contributed by atoms with van der Waals surface area (Å²) in [5, 5.41) is 15.6. The summed E-state index contributed by atoms with van der Waals surface area (Å²) in [6.07, 6.45) is 5.22. The van der Waals surface area contributed by atoms with E-state index in [1.807, 2.05) is 61.5 Å². The van der Waals surface area contributed by atoms with E-state index in [2.05, 4.69) is 17.6 Å². The zero-order chi connectivity index (χ0) is 29.5. The lowest BCUT2D eigenvalue weighted by Gasteiger charge is -2.34. The highest BCUT2D eigenvalue weighted by atomic mass is 16.6. The fourth-order valence-corrected chi connectivity index (χ4v) is 4.37. The van der Waals surface area contributed by atoms with Gasteiger partial charge in [0.2, 0.25) is 11.8 Å². The number of carbonyl (C=O) groups is 3. The van der Waals surface area contributed by atoms with Crippen LogP contribution in [0.4, 0.5) is 4.79 Å².